The van der Waals surface area contributed by atoms with Crippen LogP contribution in [0.15, 0.2) is 28.8 Å². The van der Waals surface area contributed by atoms with Crippen molar-refractivity contribution in [3.63, 3.8) is 0 Å². The Bertz CT molecular complexity index is 656. The second-order valence-corrected chi connectivity index (χ2v) is 4.24. The van der Waals surface area contributed by atoms with Crippen molar-refractivity contribution in [2.75, 3.05) is 11.9 Å². The number of anilines is 1. The van der Waals surface area contributed by atoms with Crippen molar-refractivity contribution in [2.45, 2.75) is 13.8 Å². The molecule has 5 heteroatoms. The zero-order valence-electron chi connectivity index (χ0n) is 11.4. The fraction of sp³-hybridized carbons (Fsp3) is 0.200. The first-order valence-corrected chi connectivity index (χ1v) is 6.15. The molecule has 1 aromatic carbocycles. The van der Waals surface area contributed by atoms with Crippen molar-refractivity contribution in [1.82, 2.24) is 5.16 Å². The lowest BCUT2D eigenvalue weighted by Gasteiger charge is -2.04. The Kier molecular flexibility index (Phi) is 4.18. The summed E-state index contributed by atoms with van der Waals surface area (Å²) >= 11 is 0. The molecule has 2 aromatic rings. The molecule has 102 valence electrons. The monoisotopic (exact) mass is 269 g/mol. The molecule has 0 unspecified atom stereocenters. The lowest BCUT2D eigenvalue weighted by Crippen LogP contribution is -2.13. The van der Waals surface area contributed by atoms with Crippen LogP contribution in [0, 0.1) is 25.7 Å². The molecule has 20 heavy (non-hydrogen) atoms. The summed E-state index contributed by atoms with van der Waals surface area (Å²) in [5, 5.41) is 6.56. The van der Waals surface area contributed by atoms with Gasteiger partial charge in [-0.3, -0.25) is 4.79 Å². The molecule has 0 saturated heterocycles. The van der Waals surface area contributed by atoms with E-state index < -0.39 is 0 Å². The number of aryl methyl sites for hydroxylation is 2. The first kappa shape index (κ1) is 13.8. The van der Waals surface area contributed by atoms with Crippen LogP contribution in [0.25, 0.3) is 0 Å². The van der Waals surface area contributed by atoms with Crippen LogP contribution >= 0.6 is 0 Å². The Labute approximate surface area is 117 Å². The number of nitrogens with one attached hydrogen (secondary N) is 1. The van der Waals surface area contributed by atoms with Crippen LogP contribution in [0.1, 0.15) is 27.4 Å². The van der Waals surface area contributed by atoms with Crippen molar-refractivity contribution in [3.05, 3.63) is 46.8 Å². The number of hydrogen-bond acceptors (Lipinski definition) is 4. The van der Waals surface area contributed by atoms with Gasteiger partial charge in [0, 0.05) is 11.3 Å². The number of nitrogens with zero attached hydrogens (tertiary/aromatic N) is 1. The van der Waals surface area contributed by atoms with Crippen LogP contribution < -0.4 is 11.1 Å². The summed E-state index contributed by atoms with van der Waals surface area (Å²) < 4.78 is 4.98. The summed E-state index contributed by atoms with van der Waals surface area (Å²) in [4.78, 5) is 12.1. The topological polar surface area (TPSA) is 81.2 Å². The van der Waals surface area contributed by atoms with E-state index >= 15 is 0 Å². The lowest BCUT2D eigenvalue weighted by atomic mass is 10.1. The fourth-order valence-corrected chi connectivity index (χ4v) is 1.79. The summed E-state index contributed by atoms with van der Waals surface area (Å²) in [5.41, 5.74) is 7.89. The maximum absolute atomic E-state index is 12.1. The molecular formula is C15H15N3O2. The van der Waals surface area contributed by atoms with Crippen molar-refractivity contribution < 1.29 is 9.32 Å². The maximum atomic E-state index is 12.1. The molecule has 0 radical (unpaired) electrons. The largest absolute Gasteiger partial charge is 0.361 e. The van der Waals surface area contributed by atoms with Gasteiger partial charge in [-0.1, -0.05) is 17.0 Å². The molecule has 3 N–H and O–H groups in total. The van der Waals surface area contributed by atoms with Crippen molar-refractivity contribution >= 4 is 11.6 Å². The van der Waals surface area contributed by atoms with Gasteiger partial charge in [0.2, 0.25) is 0 Å². The highest BCUT2D eigenvalue weighted by atomic mass is 16.5. The van der Waals surface area contributed by atoms with Gasteiger partial charge in [-0.15, -0.1) is 0 Å². The molecule has 0 aliphatic heterocycles. The summed E-state index contributed by atoms with van der Waals surface area (Å²) in [6, 6.07) is 7.23. The molecule has 5 nitrogen and oxygen atoms in total. The van der Waals surface area contributed by atoms with E-state index in [4.69, 9.17) is 10.3 Å². The van der Waals surface area contributed by atoms with Crippen LogP contribution in [-0.2, 0) is 0 Å². The van der Waals surface area contributed by atoms with E-state index in [1.165, 1.54) is 0 Å². The van der Waals surface area contributed by atoms with E-state index in [1.807, 2.05) is 12.1 Å². The number of nitrogens with two attached hydrogens (primary N) is 1. The molecule has 0 spiro atoms. The Morgan fingerprint density at radius 2 is 2.05 bits per heavy atom. The number of amides is 1. The Hall–Kier alpha value is -2.58. The van der Waals surface area contributed by atoms with Crippen molar-refractivity contribution in [2.24, 2.45) is 5.73 Å². The normalized spacial score (nSPS) is 9.75. The van der Waals surface area contributed by atoms with Gasteiger partial charge in [0.25, 0.3) is 5.91 Å². The van der Waals surface area contributed by atoms with E-state index in [2.05, 4.69) is 22.3 Å². The van der Waals surface area contributed by atoms with Gasteiger partial charge in [0.15, 0.2) is 0 Å². The van der Waals surface area contributed by atoms with Gasteiger partial charge in [0.05, 0.1) is 12.2 Å². The summed E-state index contributed by atoms with van der Waals surface area (Å²) in [6.07, 6.45) is 0. The van der Waals surface area contributed by atoms with E-state index in [0.29, 0.717) is 29.2 Å². The highest BCUT2D eigenvalue weighted by Gasteiger charge is 2.17. The quantitative estimate of drug-likeness (QED) is 0.815. The minimum absolute atomic E-state index is 0.234. The van der Waals surface area contributed by atoms with Crippen LogP contribution in [0.2, 0.25) is 0 Å². The molecule has 0 aliphatic carbocycles. The molecule has 0 bridgehead atoms. The number of carbonyl (C=O) groups is 1. The minimum Gasteiger partial charge on any atom is -0.361 e. The number of aromatic nitrogens is 1. The van der Waals surface area contributed by atoms with E-state index in [9.17, 15) is 4.79 Å². The molecule has 1 aromatic heterocycles. The molecular weight excluding hydrogens is 254 g/mol. The van der Waals surface area contributed by atoms with Crippen LogP contribution in [0.3, 0.4) is 0 Å². The standard InChI is InChI=1S/C15H15N3O2/c1-10-14(11(2)20-18-10)15(19)17-13-7-5-12(6-8-13)4-3-9-16/h5-8H,9,16H2,1-2H3,(H,17,19). The second kappa shape index (κ2) is 6.04. The number of carbonyl (C=O) groups excluding carboxylic acids is 1. The van der Waals surface area contributed by atoms with Crippen LogP contribution in [0.5, 0.6) is 0 Å². The second-order valence-electron chi connectivity index (χ2n) is 4.24. The molecule has 1 heterocycles. The first-order chi connectivity index (χ1) is 9.61. The van der Waals surface area contributed by atoms with Gasteiger partial charge >= 0.3 is 0 Å². The third-order valence-electron chi connectivity index (χ3n) is 2.74. The highest BCUT2D eigenvalue weighted by Crippen LogP contribution is 2.15. The van der Waals surface area contributed by atoms with Gasteiger partial charge in [0.1, 0.15) is 11.3 Å². The Morgan fingerprint density at radius 1 is 1.35 bits per heavy atom. The summed E-state index contributed by atoms with van der Waals surface area (Å²) in [5.74, 6) is 5.96. The van der Waals surface area contributed by atoms with E-state index in [0.717, 1.165) is 5.56 Å². The number of rotatable bonds is 2. The van der Waals surface area contributed by atoms with Gasteiger partial charge < -0.3 is 15.6 Å². The van der Waals surface area contributed by atoms with Crippen molar-refractivity contribution in [3.8, 4) is 11.8 Å². The molecule has 0 aliphatic rings. The average molecular weight is 269 g/mol. The predicted molar refractivity (Wildman–Crippen MR) is 76.3 cm³/mol. The average Bonchev–Trinajstić information content (AvgIpc) is 2.77. The summed E-state index contributed by atoms with van der Waals surface area (Å²) in [7, 11) is 0. The van der Waals surface area contributed by atoms with Gasteiger partial charge in [-0.05, 0) is 38.1 Å². The SMILES string of the molecule is Cc1noc(C)c1C(=O)Nc1ccc(C#CCN)cc1. The van der Waals surface area contributed by atoms with E-state index in [-0.39, 0.29) is 5.91 Å². The summed E-state index contributed by atoms with van der Waals surface area (Å²) in [6.45, 7) is 3.77. The first-order valence-electron chi connectivity index (χ1n) is 6.15. The fourth-order valence-electron chi connectivity index (χ4n) is 1.79. The van der Waals surface area contributed by atoms with Crippen LogP contribution in [-0.4, -0.2) is 17.6 Å². The van der Waals surface area contributed by atoms with Gasteiger partial charge in [-0.2, -0.15) is 0 Å². The number of benzene rings is 1. The van der Waals surface area contributed by atoms with E-state index in [1.54, 1.807) is 26.0 Å². The lowest BCUT2D eigenvalue weighted by molar-refractivity contribution is 0.102. The Morgan fingerprint density at radius 3 is 2.60 bits per heavy atom. The maximum Gasteiger partial charge on any atom is 0.261 e. The smallest absolute Gasteiger partial charge is 0.261 e. The molecule has 0 fully saturated rings. The molecule has 0 saturated carbocycles. The van der Waals surface area contributed by atoms with Crippen LogP contribution in [0.4, 0.5) is 5.69 Å². The molecule has 1 amide bonds. The zero-order chi connectivity index (χ0) is 14.5. The third kappa shape index (κ3) is 3.05. The molecule has 0 atom stereocenters. The number of hydrogen-bond donors (Lipinski definition) is 2. The van der Waals surface area contributed by atoms with Gasteiger partial charge in [-0.25, -0.2) is 0 Å². The minimum atomic E-state index is -0.234. The van der Waals surface area contributed by atoms with Crippen molar-refractivity contribution in [1.29, 1.82) is 0 Å². The highest BCUT2D eigenvalue weighted by molar-refractivity contribution is 6.05. The Balaban J connectivity index is 2.12. The molecule has 2 rings (SSSR count). The zero-order valence-corrected chi connectivity index (χ0v) is 11.4. The third-order valence-corrected chi connectivity index (χ3v) is 2.74. The predicted octanol–water partition coefficient (Wildman–Crippen LogP) is 1.85.